The number of piperazine rings is 1. The minimum absolute atomic E-state index is 0.0919. The number of carbonyl (C=O) groups excluding carboxylic acids is 1. The zero-order valence-corrected chi connectivity index (χ0v) is 14.1. The Balaban J connectivity index is 1.87. The summed E-state index contributed by atoms with van der Waals surface area (Å²) in [4.78, 5) is 28.7. The molecule has 24 heavy (non-hydrogen) atoms. The number of fused-ring (bicyclic) bond motifs is 1. The molecule has 1 aromatic heterocycles. The second-order valence-corrected chi connectivity index (χ2v) is 6.09. The van der Waals surface area contributed by atoms with E-state index in [1.165, 1.54) is 0 Å². The number of amides is 1. The molecule has 3 rings (SSSR count). The Morgan fingerprint density at radius 3 is 2.67 bits per heavy atom. The molecule has 0 bridgehead atoms. The third-order valence-corrected chi connectivity index (χ3v) is 4.20. The molecule has 1 fully saturated rings. The lowest BCUT2D eigenvalue weighted by Crippen LogP contribution is -2.48. The largest absolute Gasteiger partial charge is 0.493 e. The van der Waals surface area contributed by atoms with Gasteiger partial charge in [-0.05, 0) is 31.7 Å². The van der Waals surface area contributed by atoms with Gasteiger partial charge in [-0.2, -0.15) is 0 Å². The van der Waals surface area contributed by atoms with Crippen molar-refractivity contribution in [3.63, 3.8) is 0 Å². The normalized spacial score (nSPS) is 15.7. The van der Waals surface area contributed by atoms with E-state index in [1.54, 1.807) is 17.0 Å². The number of hydrogen-bond acceptors (Lipinski definition) is 5. The Kier molecular flexibility index (Phi) is 4.85. The summed E-state index contributed by atoms with van der Waals surface area (Å²) in [7, 11) is 2.02. The average molecular weight is 330 g/mol. The predicted molar refractivity (Wildman–Crippen MR) is 91.7 cm³/mol. The van der Waals surface area contributed by atoms with Gasteiger partial charge in [-0.1, -0.05) is 6.92 Å². The molecule has 0 atom stereocenters. The summed E-state index contributed by atoms with van der Waals surface area (Å²) < 4.78 is 10.9. The third-order valence-electron chi connectivity index (χ3n) is 4.20. The van der Waals surface area contributed by atoms with Gasteiger partial charge in [0, 0.05) is 37.6 Å². The van der Waals surface area contributed by atoms with Crippen LogP contribution in [0, 0.1) is 0 Å². The molecule has 0 N–H and O–H groups in total. The van der Waals surface area contributed by atoms with Crippen LogP contribution >= 0.6 is 0 Å². The molecular formula is C18H22N2O4. The number of hydrogen-bond donors (Lipinski definition) is 0. The summed E-state index contributed by atoms with van der Waals surface area (Å²) in [6.45, 7) is 5.49. The van der Waals surface area contributed by atoms with Crippen molar-refractivity contribution in [2.45, 2.75) is 13.3 Å². The second kappa shape index (κ2) is 7.05. The lowest BCUT2D eigenvalue weighted by Gasteiger charge is -2.32. The highest BCUT2D eigenvalue weighted by Gasteiger charge is 2.23. The zero-order chi connectivity index (χ0) is 17.1. The van der Waals surface area contributed by atoms with Gasteiger partial charge in [-0.15, -0.1) is 0 Å². The van der Waals surface area contributed by atoms with Crippen LogP contribution in [0.15, 0.2) is 33.5 Å². The first-order chi connectivity index (χ1) is 11.6. The molecule has 1 saturated heterocycles. The summed E-state index contributed by atoms with van der Waals surface area (Å²) in [5.74, 6) is 0.399. The maximum Gasteiger partial charge on any atom is 0.349 e. The van der Waals surface area contributed by atoms with Crippen molar-refractivity contribution in [3.8, 4) is 5.75 Å². The second-order valence-electron chi connectivity index (χ2n) is 6.09. The molecule has 0 aliphatic carbocycles. The van der Waals surface area contributed by atoms with Gasteiger partial charge in [-0.25, -0.2) is 4.79 Å². The van der Waals surface area contributed by atoms with Crippen LogP contribution < -0.4 is 10.4 Å². The van der Waals surface area contributed by atoms with Gasteiger partial charge < -0.3 is 19.0 Å². The molecule has 2 heterocycles. The predicted octanol–water partition coefficient (Wildman–Crippen LogP) is 1.97. The van der Waals surface area contributed by atoms with Gasteiger partial charge in [0.15, 0.2) is 0 Å². The lowest BCUT2D eigenvalue weighted by molar-refractivity contribution is 0.0660. The van der Waals surface area contributed by atoms with Crippen molar-refractivity contribution in [3.05, 3.63) is 40.2 Å². The molecule has 6 nitrogen and oxygen atoms in total. The highest BCUT2D eigenvalue weighted by Crippen LogP contribution is 2.21. The fourth-order valence-electron chi connectivity index (χ4n) is 2.73. The first-order valence-corrected chi connectivity index (χ1v) is 8.27. The van der Waals surface area contributed by atoms with Crippen LogP contribution in [-0.4, -0.2) is 55.5 Å². The van der Waals surface area contributed by atoms with Gasteiger partial charge in [0.25, 0.3) is 5.91 Å². The van der Waals surface area contributed by atoms with Crippen LogP contribution in [0.5, 0.6) is 5.75 Å². The van der Waals surface area contributed by atoms with E-state index in [-0.39, 0.29) is 11.5 Å². The van der Waals surface area contributed by atoms with Crippen molar-refractivity contribution >= 4 is 16.9 Å². The number of nitrogens with zero attached hydrogens (tertiary/aromatic N) is 2. The van der Waals surface area contributed by atoms with Crippen LogP contribution in [0.25, 0.3) is 11.0 Å². The molecule has 1 aliphatic heterocycles. The Morgan fingerprint density at radius 1 is 1.21 bits per heavy atom. The number of ether oxygens (including phenoxy) is 1. The van der Waals surface area contributed by atoms with E-state index < -0.39 is 5.63 Å². The average Bonchev–Trinajstić information content (AvgIpc) is 2.59. The van der Waals surface area contributed by atoms with E-state index >= 15 is 0 Å². The standard InChI is InChI=1S/C18H22N2O4/c1-3-10-23-14-5-4-13-11-15(18(22)24-16(13)12-14)17(21)20-8-6-19(2)7-9-20/h4-5,11-12H,3,6-10H2,1-2H3. The summed E-state index contributed by atoms with van der Waals surface area (Å²) in [6.07, 6.45) is 0.903. The van der Waals surface area contributed by atoms with Crippen molar-refractivity contribution in [1.82, 2.24) is 9.80 Å². The van der Waals surface area contributed by atoms with Crippen LogP contribution in [0.2, 0.25) is 0 Å². The van der Waals surface area contributed by atoms with Crippen molar-refractivity contribution in [2.24, 2.45) is 0 Å². The summed E-state index contributed by atoms with van der Waals surface area (Å²) in [5, 5.41) is 0.718. The smallest absolute Gasteiger partial charge is 0.349 e. The minimum Gasteiger partial charge on any atom is -0.493 e. The minimum atomic E-state index is -0.598. The van der Waals surface area contributed by atoms with Gasteiger partial charge in [0.2, 0.25) is 0 Å². The third kappa shape index (κ3) is 3.43. The van der Waals surface area contributed by atoms with E-state index in [0.717, 1.165) is 24.9 Å². The quantitative estimate of drug-likeness (QED) is 0.802. The van der Waals surface area contributed by atoms with Crippen LogP contribution in [-0.2, 0) is 0 Å². The van der Waals surface area contributed by atoms with Crippen LogP contribution in [0.1, 0.15) is 23.7 Å². The van der Waals surface area contributed by atoms with E-state index in [9.17, 15) is 9.59 Å². The zero-order valence-electron chi connectivity index (χ0n) is 14.1. The van der Waals surface area contributed by atoms with E-state index in [1.807, 2.05) is 26.1 Å². The fourth-order valence-corrected chi connectivity index (χ4v) is 2.73. The molecule has 128 valence electrons. The Labute approximate surface area is 140 Å². The Hall–Kier alpha value is -2.34. The Morgan fingerprint density at radius 2 is 1.96 bits per heavy atom. The molecule has 1 aliphatic rings. The molecule has 0 radical (unpaired) electrons. The first kappa shape index (κ1) is 16.5. The van der Waals surface area contributed by atoms with E-state index in [4.69, 9.17) is 9.15 Å². The number of carbonyl (C=O) groups is 1. The topological polar surface area (TPSA) is 63.0 Å². The number of likely N-dealkylation sites (N-methyl/N-ethyl adjacent to an activating group) is 1. The van der Waals surface area contributed by atoms with Crippen molar-refractivity contribution in [1.29, 1.82) is 0 Å². The molecule has 0 spiro atoms. The van der Waals surface area contributed by atoms with Crippen molar-refractivity contribution in [2.75, 3.05) is 39.8 Å². The molecule has 2 aromatic rings. The maximum absolute atomic E-state index is 12.6. The molecule has 6 heteroatoms. The van der Waals surface area contributed by atoms with Gasteiger partial charge >= 0.3 is 5.63 Å². The summed E-state index contributed by atoms with van der Waals surface area (Å²) in [6, 6.07) is 6.94. The van der Waals surface area contributed by atoms with E-state index in [0.29, 0.717) is 31.0 Å². The molecule has 0 saturated carbocycles. The van der Waals surface area contributed by atoms with Gasteiger partial charge in [0.1, 0.15) is 16.9 Å². The molecule has 1 aromatic carbocycles. The SMILES string of the molecule is CCCOc1ccc2cc(C(=O)N3CCN(C)CC3)c(=O)oc2c1. The van der Waals surface area contributed by atoms with Crippen LogP contribution in [0.4, 0.5) is 0 Å². The van der Waals surface area contributed by atoms with Crippen LogP contribution in [0.3, 0.4) is 0 Å². The maximum atomic E-state index is 12.6. The highest BCUT2D eigenvalue weighted by molar-refractivity contribution is 5.96. The molecule has 0 unspecified atom stereocenters. The highest BCUT2D eigenvalue weighted by atomic mass is 16.5. The Bertz CT molecular complexity index is 791. The van der Waals surface area contributed by atoms with Gasteiger partial charge in [0.05, 0.1) is 6.61 Å². The lowest BCUT2D eigenvalue weighted by atomic mass is 10.1. The monoisotopic (exact) mass is 330 g/mol. The first-order valence-electron chi connectivity index (χ1n) is 8.27. The number of benzene rings is 1. The number of rotatable bonds is 4. The molecular weight excluding hydrogens is 308 g/mol. The fraction of sp³-hybridized carbons (Fsp3) is 0.444. The van der Waals surface area contributed by atoms with Crippen molar-refractivity contribution < 1.29 is 13.9 Å². The molecule has 1 amide bonds. The van der Waals surface area contributed by atoms with E-state index in [2.05, 4.69) is 4.90 Å². The summed E-state index contributed by atoms with van der Waals surface area (Å²) >= 11 is 0. The summed E-state index contributed by atoms with van der Waals surface area (Å²) in [5.41, 5.74) is -0.0723. The van der Waals surface area contributed by atoms with Gasteiger partial charge in [-0.3, -0.25) is 4.79 Å².